The molecular weight excluding hydrogens is 264 g/mol. The highest BCUT2D eigenvalue weighted by Crippen LogP contribution is 2.34. The van der Waals surface area contributed by atoms with Gasteiger partial charge in [-0.2, -0.15) is 9.71 Å². The highest BCUT2D eigenvalue weighted by molar-refractivity contribution is 5.52. The van der Waals surface area contributed by atoms with E-state index in [1.165, 1.54) is 19.3 Å². The zero-order valence-electron chi connectivity index (χ0n) is 13.7. The van der Waals surface area contributed by atoms with Crippen molar-refractivity contribution in [1.29, 1.82) is 5.41 Å². The first kappa shape index (κ1) is 15.9. The van der Waals surface area contributed by atoms with Crippen molar-refractivity contribution in [2.24, 2.45) is 0 Å². The summed E-state index contributed by atoms with van der Waals surface area (Å²) in [7, 11) is 0. The van der Waals surface area contributed by atoms with E-state index in [9.17, 15) is 5.21 Å². The van der Waals surface area contributed by atoms with Crippen LogP contribution in [0.2, 0.25) is 0 Å². The van der Waals surface area contributed by atoms with Crippen LogP contribution in [-0.4, -0.2) is 28.0 Å². The number of hydrogen-bond donors (Lipinski definition) is 2. The van der Waals surface area contributed by atoms with Crippen LogP contribution in [0.3, 0.4) is 0 Å². The van der Waals surface area contributed by atoms with Crippen LogP contribution in [-0.2, 0) is 11.8 Å². The van der Waals surface area contributed by atoms with E-state index in [1.807, 2.05) is 0 Å². The molecule has 1 fully saturated rings. The second-order valence-corrected chi connectivity index (χ2v) is 6.94. The maximum atomic E-state index is 10.2. The third-order valence-electron chi connectivity index (χ3n) is 4.07. The number of rotatable bonds is 3. The minimum atomic E-state index is -0.109. The molecule has 5 heteroatoms. The minimum absolute atomic E-state index is 0.0629. The van der Waals surface area contributed by atoms with E-state index in [-0.39, 0.29) is 11.0 Å². The smallest absolute Gasteiger partial charge is 0.257 e. The first-order valence-electron chi connectivity index (χ1n) is 8.01. The fourth-order valence-electron chi connectivity index (χ4n) is 3.14. The van der Waals surface area contributed by atoms with Gasteiger partial charge in [0.25, 0.3) is 5.62 Å². The molecule has 2 heterocycles. The van der Waals surface area contributed by atoms with Crippen molar-refractivity contribution >= 4 is 5.82 Å². The molecule has 0 unspecified atom stereocenters. The lowest BCUT2D eigenvalue weighted by molar-refractivity contribution is 0.152. The average molecular weight is 292 g/mol. The Hall–Kier alpha value is -1.52. The molecule has 1 aromatic rings. The van der Waals surface area contributed by atoms with Gasteiger partial charge in [0, 0.05) is 18.7 Å². The van der Waals surface area contributed by atoms with E-state index in [0.29, 0.717) is 0 Å². The SMILES string of the molecule is CCCc1c(C(C)(C)C)c(N2CCCCC2)nc(=N)n1O. The molecule has 1 saturated heterocycles. The largest absolute Gasteiger partial charge is 0.425 e. The summed E-state index contributed by atoms with van der Waals surface area (Å²) in [5, 5.41) is 18.2. The van der Waals surface area contributed by atoms with E-state index in [0.717, 1.165) is 47.7 Å². The van der Waals surface area contributed by atoms with Crippen molar-refractivity contribution in [2.45, 2.75) is 65.2 Å². The predicted octanol–water partition coefficient (Wildman–Crippen LogP) is 2.84. The Bertz CT molecular complexity index is 551. The predicted molar refractivity (Wildman–Crippen MR) is 84.0 cm³/mol. The molecule has 5 nitrogen and oxygen atoms in total. The van der Waals surface area contributed by atoms with Gasteiger partial charge < -0.3 is 10.1 Å². The van der Waals surface area contributed by atoms with E-state index in [1.54, 1.807) is 0 Å². The number of aromatic nitrogens is 2. The van der Waals surface area contributed by atoms with Gasteiger partial charge in [0.15, 0.2) is 0 Å². The fourth-order valence-corrected chi connectivity index (χ4v) is 3.14. The van der Waals surface area contributed by atoms with Crippen molar-refractivity contribution in [1.82, 2.24) is 9.71 Å². The zero-order valence-corrected chi connectivity index (χ0v) is 13.7. The minimum Gasteiger partial charge on any atom is -0.425 e. The van der Waals surface area contributed by atoms with E-state index < -0.39 is 0 Å². The summed E-state index contributed by atoms with van der Waals surface area (Å²) in [6, 6.07) is 0. The molecule has 0 aliphatic carbocycles. The van der Waals surface area contributed by atoms with Gasteiger partial charge in [-0.25, -0.2) is 0 Å². The van der Waals surface area contributed by atoms with Crippen molar-refractivity contribution in [2.75, 3.05) is 18.0 Å². The molecule has 0 spiro atoms. The van der Waals surface area contributed by atoms with Crippen LogP contribution in [0.4, 0.5) is 5.82 Å². The highest BCUT2D eigenvalue weighted by atomic mass is 16.5. The average Bonchev–Trinajstić information content (AvgIpc) is 2.43. The van der Waals surface area contributed by atoms with Crippen molar-refractivity contribution in [3.8, 4) is 0 Å². The van der Waals surface area contributed by atoms with Gasteiger partial charge in [-0.05, 0) is 31.1 Å². The quantitative estimate of drug-likeness (QED) is 0.842. The van der Waals surface area contributed by atoms with Gasteiger partial charge in [0.1, 0.15) is 5.82 Å². The second-order valence-electron chi connectivity index (χ2n) is 6.94. The molecule has 2 rings (SSSR count). The Labute approximate surface area is 127 Å². The Balaban J connectivity index is 2.64. The molecular formula is C16H28N4O. The summed E-state index contributed by atoms with van der Waals surface area (Å²) in [4.78, 5) is 6.70. The van der Waals surface area contributed by atoms with E-state index >= 15 is 0 Å². The molecule has 0 aromatic carbocycles. The molecule has 0 atom stereocenters. The van der Waals surface area contributed by atoms with E-state index in [4.69, 9.17) is 5.41 Å². The van der Waals surface area contributed by atoms with Gasteiger partial charge in [-0.3, -0.25) is 5.41 Å². The molecule has 0 saturated carbocycles. The fraction of sp³-hybridized carbons (Fsp3) is 0.750. The maximum Gasteiger partial charge on any atom is 0.257 e. The Morgan fingerprint density at radius 2 is 1.81 bits per heavy atom. The Morgan fingerprint density at radius 3 is 2.33 bits per heavy atom. The molecule has 1 aromatic heterocycles. The van der Waals surface area contributed by atoms with Gasteiger partial charge in [-0.15, -0.1) is 0 Å². The first-order chi connectivity index (χ1) is 9.86. The molecule has 0 bridgehead atoms. The molecule has 1 aliphatic rings. The van der Waals surface area contributed by atoms with Crippen molar-refractivity contribution in [3.63, 3.8) is 0 Å². The van der Waals surface area contributed by atoms with Gasteiger partial charge >= 0.3 is 0 Å². The lowest BCUT2D eigenvalue weighted by atomic mass is 9.84. The summed E-state index contributed by atoms with van der Waals surface area (Å²) >= 11 is 0. The lowest BCUT2D eigenvalue weighted by Crippen LogP contribution is -2.38. The Kier molecular flexibility index (Phi) is 4.59. The molecule has 1 aliphatic heterocycles. The van der Waals surface area contributed by atoms with Crippen LogP contribution >= 0.6 is 0 Å². The van der Waals surface area contributed by atoms with Crippen LogP contribution in [0.15, 0.2) is 0 Å². The van der Waals surface area contributed by atoms with Crippen LogP contribution in [0.1, 0.15) is 64.6 Å². The summed E-state index contributed by atoms with van der Waals surface area (Å²) in [5.74, 6) is 0.904. The first-order valence-corrected chi connectivity index (χ1v) is 8.01. The van der Waals surface area contributed by atoms with Crippen LogP contribution in [0.5, 0.6) is 0 Å². The second kappa shape index (κ2) is 6.08. The van der Waals surface area contributed by atoms with Crippen molar-refractivity contribution < 1.29 is 5.21 Å². The molecule has 118 valence electrons. The summed E-state index contributed by atoms with van der Waals surface area (Å²) in [6.07, 6.45) is 5.32. The zero-order chi connectivity index (χ0) is 15.6. The number of anilines is 1. The standard InChI is InChI=1S/C16H28N4O/c1-5-9-12-13(16(2,3)4)14(18-15(17)20(12)21)19-10-7-6-8-11-19/h17,21H,5-11H2,1-4H3. The lowest BCUT2D eigenvalue weighted by Gasteiger charge is -2.34. The van der Waals surface area contributed by atoms with Gasteiger partial charge in [0.05, 0.1) is 5.69 Å². The van der Waals surface area contributed by atoms with Gasteiger partial charge in [0.2, 0.25) is 0 Å². The summed E-state index contributed by atoms with van der Waals surface area (Å²) < 4.78 is 0.970. The number of piperidine rings is 1. The van der Waals surface area contributed by atoms with Crippen LogP contribution < -0.4 is 10.5 Å². The number of nitrogens with zero attached hydrogens (tertiary/aromatic N) is 3. The number of nitrogens with one attached hydrogen (secondary N) is 1. The molecule has 0 radical (unpaired) electrons. The normalized spacial score (nSPS) is 16.3. The highest BCUT2D eigenvalue weighted by Gasteiger charge is 2.29. The summed E-state index contributed by atoms with van der Waals surface area (Å²) in [6.45, 7) is 10.5. The van der Waals surface area contributed by atoms with E-state index in [2.05, 4.69) is 37.6 Å². The van der Waals surface area contributed by atoms with Crippen LogP contribution in [0, 0.1) is 5.41 Å². The topological polar surface area (TPSA) is 65.1 Å². The summed E-state index contributed by atoms with van der Waals surface area (Å²) in [5.41, 5.74) is 1.75. The third kappa shape index (κ3) is 3.22. The number of hydrogen-bond acceptors (Lipinski definition) is 4. The monoisotopic (exact) mass is 292 g/mol. The van der Waals surface area contributed by atoms with Gasteiger partial charge in [-0.1, -0.05) is 34.1 Å². The molecule has 2 N–H and O–H groups in total. The third-order valence-corrected chi connectivity index (χ3v) is 4.07. The molecule has 21 heavy (non-hydrogen) atoms. The van der Waals surface area contributed by atoms with Crippen molar-refractivity contribution in [3.05, 3.63) is 16.9 Å². The Morgan fingerprint density at radius 1 is 1.19 bits per heavy atom. The van der Waals surface area contributed by atoms with Crippen LogP contribution in [0.25, 0.3) is 0 Å². The maximum absolute atomic E-state index is 10.2. The molecule has 0 amide bonds.